The number of rotatable bonds is 6. The summed E-state index contributed by atoms with van der Waals surface area (Å²) in [5.74, 6) is 2.27. The first kappa shape index (κ1) is 19.6. The maximum Gasteiger partial charge on any atom is 0.187 e. The Kier molecular flexibility index (Phi) is 4.81. The lowest BCUT2D eigenvalue weighted by Gasteiger charge is -2.24. The summed E-state index contributed by atoms with van der Waals surface area (Å²) < 4.78 is 8.14. The second-order valence-corrected chi connectivity index (χ2v) is 9.21. The summed E-state index contributed by atoms with van der Waals surface area (Å²) in [5.41, 5.74) is 9.83. The third kappa shape index (κ3) is 3.61. The van der Waals surface area contributed by atoms with Crippen molar-refractivity contribution in [1.82, 2.24) is 24.5 Å². The van der Waals surface area contributed by atoms with Crippen molar-refractivity contribution < 1.29 is 4.74 Å². The van der Waals surface area contributed by atoms with E-state index in [0.29, 0.717) is 5.92 Å². The van der Waals surface area contributed by atoms with Crippen LogP contribution in [0.15, 0.2) is 48.7 Å². The first-order valence-electron chi connectivity index (χ1n) is 11.5. The summed E-state index contributed by atoms with van der Waals surface area (Å²) in [5, 5.41) is 9.92. The van der Waals surface area contributed by atoms with Gasteiger partial charge in [-0.3, -0.25) is 9.30 Å². The fourth-order valence-electron chi connectivity index (χ4n) is 4.56. The average Bonchev–Trinajstić information content (AvgIpc) is 3.39. The van der Waals surface area contributed by atoms with Crippen molar-refractivity contribution >= 4 is 16.6 Å². The number of ether oxygens (including phenoxy) is 1. The first-order chi connectivity index (χ1) is 15.7. The zero-order valence-electron chi connectivity index (χ0n) is 18.3. The highest BCUT2D eigenvalue weighted by molar-refractivity contribution is 5.86. The third-order valence-electron chi connectivity index (χ3n) is 6.80. The minimum absolute atomic E-state index is 0.268. The lowest BCUT2D eigenvalue weighted by molar-refractivity contribution is 0.259. The molecule has 0 bridgehead atoms. The number of fused-ring (bicyclic) bond motifs is 2. The van der Waals surface area contributed by atoms with Crippen LogP contribution in [0.25, 0.3) is 28.1 Å². The van der Waals surface area contributed by atoms with Crippen LogP contribution in [0.4, 0.5) is 0 Å². The van der Waals surface area contributed by atoms with Crippen LogP contribution in [-0.2, 0) is 0 Å². The van der Waals surface area contributed by atoms with Gasteiger partial charge in [-0.05, 0) is 55.9 Å². The molecule has 4 aromatic rings. The highest BCUT2D eigenvalue weighted by atomic mass is 16.5. The van der Waals surface area contributed by atoms with E-state index in [9.17, 15) is 0 Å². The number of aromatic nitrogens is 4. The van der Waals surface area contributed by atoms with Crippen molar-refractivity contribution in [2.45, 2.75) is 38.3 Å². The van der Waals surface area contributed by atoms with Gasteiger partial charge in [0, 0.05) is 36.8 Å². The van der Waals surface area contributed by atoms with E-state index in [1.54, 1.807) is 0 Å². The Labute approximate surface area is 187 Å². The number of pyridine rings is 2. The van der Waals surface area contributed by atoms with Gasteiger partial charge in [0.25, 0.3) is 0 Å². The Bertz CT molecular complexity index is 1280. The van der Waals surface area contributed by atoms with Crippen molar-refractivity contribution in [3.8, 4) is 17.3 Å². The van der Waals surface area contributed by atoms with E-state index in [4.69, 9.17) is 15.5 Å². The zero-order chi connectivity index (χ0) is 21.7. The predicted molar refractivity (Wildman–Crippen MR) is 125 cm³/mol. The van der Waals surface area contributed by atoms with Gasteiger partial charge in [0.05, 0.1) is 6.61 Å². The molecule has 1 aliphatic heterocycles. The fraction of sp³-hybridized carbons (Fsp3) is 0.400. The highest BCUT2D eigenvalue weighted by Gasteiger charge is 2.25. The number of likely N-dealkylation sites (tertiary alicyclic amines) is 1. The predicted octanol–water partition coefficient (Wildman–Crippen LogP) is 3.83. The topological polar surface area (TPSA) is 81.6 Å². The van der Waals surface area contributed by atoms with Crippen LogP contribution in [0, 0.1) is 5.92 Å². The summed E-state index contributed by atoms with van der Waals surface area (Å²) in [4.78, 5) is 7.39. The van der Waals surface area contributed by atoms with Crippen molar-refractivity contribution in [2.24, 2.45) is 11.7 Å². The molecule has 7 nitrogen and oxygen atoms in total. The Hall–Kier alpha value is -3.03. The van der Waals surface area contributed by atoms with Crippen LogP contribution >= 0.6 is 0 Å². The van der Waals surface area contributed by atoms with Gasteiger partial charge in [0.15, 0.2) is 11.5 Å². The fourth-order valence-corrected chi connectivity index (χ4v) is 4.56. The molecule has 0 radical (unpaired) electrons. The van der Waals surface area contributed by atoms with Crippen LogP contribution in [0.2, 0.25) is 0 Å². The number of hydrogen-bond acceptors (Lipinski definition) is 6. The smallest absolute Gasteiger partial charge is 0.187 e. The van der Waals surface area contributed by atoms with Crippen LogP contribution in [0.5, 0.6) is 5.75 Å². The molecule has 1 aliphatic carbocycles. The van der Waals surface area contributed by atoms with Crippen LogP contribution in [-0.4, -0.2) is 50.2 Å². The van der Waals surface area contributed by atoms with E-state index in [2.05, 4.69) is 46.4 Å². The lowest BCUT2D eigenvalue weighted by atomic mass is 10.1. The molecular weight excluding hydrogens is 400 g/mol. The molecule has 1 saturated carbocycles. The van der Waals surface area contributed by atoms with Gasteiger partial charge in [-0.25, -0.2) is 4.98 Å². The number of nitrogens with two attached hydrogens (primary N) is 1. The second kappa shape index (κ2) is 7.83. The Morgan fingerprint density at radius 3 is 2.81 bits per heavy atom. The van der Waals surface area contributed by atoms with E-state index < -0.39 is 0 Å². The van der Waals surface area contributed by atoms with E-state index in [0.717, 1.165) is 59.9 Å². The number of para-hydroxylation sites is 1. The molecule has 0 spiro atoms. The minimum atomic E-state index is 0.268. The summed E-state index contributed by atoms with van der Waals surface area (Å²) in [7, 11) is 0. The molecule has 6 rings (SSSR count). The van der Waals surface area contributed by atoms with Gasteiger partial charge in [-0.1, -0.05) is 24.3 Å². The number of nitrogens with zero attached hydrogens (tertiary/aromatic N) is 5. The lowest BCUT2D eigenvalue weighted by Crippen LogP contribution is -2.28. The number of hydrogen-bond donors (Lipinski definition) is 1. The Balaban J connectivity index is 1.37. The van der Waals surface area contributed by atoms with Gasteiger partial charge in [-0.15, -0.1) is 10.2 Å². The molecule has 7 heteroatoms. The van der Waals surface area contributed by atoms with E-state index in [1.165, 1.54) is 18.4 Å². The molecule has 2 N–H and O–H groups in total. The summed E-state index contributed by atoms with van der Waals surface area (Å²) in [6, 6.07) is 14.9. The van der Waals surface area contributed by atoms with Crippen LogP contribution < -0.4 is 10.5 Å². The molecule has 1 unspecified atom stereocenters. The molecule has 2 aliphatic rings. The average molecular weight is 429 g/mol. The maximum atomic E-state index is 6.13. The van der Waals surface area contributed by atoms with E-state index >= 15 is 0 Å². The molecule has 32 heavy (non-hydrogen) atoms. The van der Waals surface area contributed by atoms with Crippen molar-refractivity contribution in [3.63, 3.8) is 0 Å². The molecule has 3 aromatic heterocycles. The van der Waals surface area contributed by atoms with Crippen molar-refractivity contribution in [2.75, 3.05) is 19.7 Å². The van der Waals surface area contributed by atoms with Crippen LogP contribution in [0.3, 0.4) is 0 Å². The van der Waals surface area contributed by atoms with Crippen LogP contribution in [0.1, 0.15) is 37.8 Å². The summed E-state index contributed by atoms with van der Waals surface area (Å²) in [6.45, 7) is 4.97. The van der Waals surface area contributed by atoms with Crippen molar-refractivity contribution in [1.29, 1.82) is 0 Å². The molecular formula is C25H28N6O. The van der Waals surface area contributed by atoms with Gasteiger partial charge in [0.2, 0.25) is 0 Å². The normalized spacial score (nSPS) is 20.2. The molecule has 2 atom stereocenters. The molecule has 4 heterocycles. The molecule has 164 valence electrons. The summed E-state index contributed by atoms with van der Waals surface area (Å²) in [6.07, 6.45) is 5.72. The quantitative estimate of drug-likeness (QED) is 0.503. The molecule has 2 fully saturated rings. The standard InChI is InChI=1S/C25H28N6O/c1-16(30-12-11-20(26)14-30)19-8-10-23-28-29-25(31(23)13-19)21-9-7-18-3-2-4-22(24(18)27-21)32-15-17-5-6-17/h2-4,7-10,13,16-17,20H,5-6,11-12,14-15,26H2,1H3/t16?,20-/m1/s1. The Morgan fingerprint density at radius 1 is 1.09 bits per heavy atom. The summed E-state index contributed by atoms with van der Waals surface area (Å²) >= 11 is 0. The maximum absolute atomic E-state index is 6.13. The molecule has 0 amide bonds. The number of benzene rings is 1. The van der Waals surface area contributed by atoms with Crippen molar-refractivity contribution in [3.05, 3.63) is 54.2 Å². The second-order valence-electron chi connectivity index (χ2n) is 9.21. The monoisotopic (exact) mass is 428 g/mol. The van der Waals surface area contributed by atoms with Gasteiger partial charge < -0.3 is 10.5 Å². The zero-order valence-corrected chi connectivity index (χ0v) is 18.3. The van der Waals surface area contributed by atoms with Gasteiger partial charge in [-0.2, -0.15) is 0 Å². The minimum Gasteiger partial charge on any atom is -0.491 e. The SMILES string of the molecule is CC(c1ccc2nnc(-c3ccc4cccc(OCC5CC5)c4n3)n2c1)N1CC[C@@H](N)C1. The largest absolute Gasteiger partial charge is 0.491 e. The molecule has 1 aromatic carbocycles. The Morgan fingerprint density at radius 2 is 2.00 bits per heavy atom. The third-order valence-corrected chi connectivity index (χ3v) is 6.80. The first-order valence-corrected chi connectivity index (χ1v) is 11.5. The van der Waals surface area contributed by atoms with E-state index in [-0.39, 0.29) is 12.1 Å². The van der Waals surface area contributed by atoms with Gasteiger partial charge in [0.1, 0.15) is 17.0 Å². The van der Waals surface area contributed by atoms with E-state index in [1.807, 2.05) is 28.7 Å². The van der Waals surface area contributed by atoms with Gasteiger partial charge >= 0.3 is 0 Å². The highest BCUT2D eigenvalue weighted by Crippen LogP contribution is 2.32. The molecule has 1 saturated heterocycles.